The van der Waals surface area contributed by atoms with Gasteiger partial charge in [-0.2, -0.15) is 0 Å². The Labute approximate surface area is 162 Å². The largest absolute Gasteiger partial charge is 0.469 e. The van der Waals surface area contributed by atoms with Crippen LogP contribution in [0, 0.1) is 0 Å². The highest BCUT2D eigenvalue weighted by molar-refractivity contribution is 5.68. The zero-order valence-corrected chi connectivity index (χ0v) is 17.6. The first kappa shape index (κ1) is 23.5. The van der Waals surface area contributed by atoms with Gasteiger partial charge in [0.15, 0.2) is 0 Å². The number of unbranched alkanes of at least 4 members (excludes halogenated alkanes) is 13. The van der Waals surface area contributed by atoms with Crippen LogP contribution in [0.4, 0.5) is 0 Å². The Morgan fingerprint density at radius 3 is 1.58 bits per heavy atom. The molecule has 0 N–H and O–H groups in total. The highest BCUT2D eigenvalue weighted by Gasteiger charge is 2.37. The second-order valence-electron chi connectivity index (χ2n) is 8.07. The summed E-state index contributed by atoms with van der Waals surface area (Å²) in [6.07, 6.45) is 24.3. The average molecular weight is 369 g/mol. The van der Waals surface area contributed by atoms with Crippen molar-refractivity contribution in [2.45, 2.75) is 135 Å². The number of rotatable bonds is 19. The predicted octanol–water partition coefficient (Wildman–Crippen LogP) is 6.97. The first-order chi connectivity index (χ1) is 12.8. The van der Waals surface area contributed by atoms with E-state index in [1.54, 1.807) is 0 Å². The van der Waals surface area contributed by atoms with E-state index in [9.17, 15) is 4.79 Å². The van der Waals surface area contributed by atoms with Crippen molar-refractivity contribution in [3.05, 3.63) is 0 Å². The summed E-state index contributed by atoms with van der Waals surface area (Å²) in [6.45, 7) is 2.28. The lowest BCUT2D eigenvalue weighted by Gasteiger charge is -2.03. The van der Waals surface area contributed by atoms with E-state index in [1.807, 2.05) is 0 Å². The molecule has 0 amide bonds. The first-order valence-corrected chi connectivity index (χ1v) is 11.5. The molecule has 3 heteroatoms. The van der Waals surface area contributed by atoms with Gasteiger partial charge < -0.3 is 9.47 Å². The lowest BCUT2D eigenvalue weighted by Crippen LogP contribution is -2.01. The van der Waals surface area contributed by atoms with Crippen molar-refractivity contribution in [2.24, 2.45) is 0 Å². The molecule has 0 aromatic carbocycles. The van der Waals surface area contributed by atoms with Gasteiger partial charge in [0, 0.05) is 6.42 Å². The van der Waals surface area contributed by atoms with Crippen LogP contribution in [0.15, 0.2) is 0 Å². The third kappa shape index (κ3) is 13.6. The summed E-state index contributed by atoms with van der Waals surface area (Å²) in [5.74, 6) is -0.103. The zero-order valence-electron chi connectivity index (χ0n) is 17.6. The molecule has 1 rings (SSSR count). The maximum absolute atomic E-state index is 11.1. The SMILES string of the molecule is CCCCCCCCCCCCCCCCC1OC1CCCC(=O)OC. The molecule has 0 radical (unpaired) electrons. The Hall–Kier alpha value is -0.570. The topological polar surface area (TPSA) is 38.8 Å². The first-order valence-electron chi connectivity index (χ1n) is 11.5. The molecule has 0 saturated carbocycles. The lowest BCUT2D eigenvalue weighted by atomic mass is 10.0. The molecule has 2 unspecified atom stereocenters. The van der Waals surface area contributed by atoms with Gasteiger partial charge in [-0.15, -0.1) is 0 Å². The van der Waals surface area contributed by atoms with Gasteiger partial charge in [-0.25, -0.2) is 0 Å². The van der Waals surface area contributed by atoms with Crippen molar-refractivity contribution in [2.75, 3.05) is 7.11 Å². The van der Waals surface area contributed by atoms with Gasteiger partial charge in [0.2, 0.25) is 0 Å². The summed E-state index contributed by atoms with van der Waals surface area (Å²) in [4.78, 5) is 11.1. The fourth-order valence-electron chi connectivity index (χ4n) is 3.78. The number of esters is 1. The van der Waals surface area contributed by atoms with Crippen LogP contribution in [0.2, 0.25) is 0 Å². The maximum Gasteiger partial charge on any atom is 0.305 e. The number of epoxide rings is 1. The zero-order chi connectivity index (χ0) is 18.9. The Kier molecular flexibility index (Phi) is 15.0. The minimum atomic E-state index is -0.103. The van der Waals surface area contributed by atoms with Crippen LogP contribution in [-0.4, -0.2) is 25.3 Å². The number of ether oxygens (including phenoxy) is 2. The highest BCUT2D eigenvalue weighted by Crippen LogP contribution is 2.31. The molecule has 1 aliphatic rings. The van der Waals surface area contributed by atoms with E-state index in [-0.39, 0.29) is 5.97 Å². The highest BCUT2D eigenvalue weighted by atomic mass is 16.6. The molecule has 1 heterocycles. The van der Waals surface area contributed by atoms with Crippen molar-refractivity contribution in [3.63, 3.8) is 0 Å². The predicted molar refractivity (Wildman–Crippen MR) is 109 cm³/mol. The van der Waals surface area contributed by atoms with Crippen LogP contribution in [0.3, 0.4) is 0 Å². The summed E-state index contributed by atoms with van der Waals surface area (Å²) in [6, 6.07) is 0. The fraction of sp³-hybridized carbons (Fsp3) is 0.957. The Morgan fingerprint density at radius 1 is 0.692 bits per heavy atom. The molecule has 2 atom stereocenters. The van der Waals surface area contributed by atoms with Crippen LogP contribution in [0.5, 0.6) is 0 Å². The molecule has 154 valence electrons. The number of hydrogen-bond acceptors (Lipinski definition) is 3. The normalized spacial score (nSPS) is 18.8. The van der Waals surface area contributed by atoms with E-state index in [0.29, 0.717) is 18.6 Å². The Morgan fingerprint density at radius 2 is 1.12 bits per heavy atom. The molecule has 1 fully saturated rings. The smallest absolute Gasteiger partial charge is 0.305 e. The molecule has 0 aromatic rings. The number of carbonyl (C=O) groups is 1. The molecular weight excluding hydrogens is 324 g/mol. The summed E-state index contributed by atoms with van der Waals surface area (Å²) >= 11 is 0. The quantitative estimate of drug-likeness (QED) is 0.140. The second kappa shape index (κ2) is 16.6. The summed E-state index contributed by atoms with van der Waals surface area (Å²) in [7, 11) is 1.45. The average Bonchev–Trinajstić information content (AvgIpc) is 3.40. The summed E-state index contributed by atoms with van der Waals surface area (Å²) in [5, 5.41) is 0. The van der Waals surface area contributed by atoms with E-state index < -0.39 is 0 Å². The summed E-state index contributed by atoms with van der Waals surface area (Å²) < 4.78 is 10.4. The van der Waals surface area contributed by atoms with Crippen LogP contribution < -0.4 is 0 Å². The number of carbonyl (C=O) groups excluding carboxylic acids is 1. The molecule has 0 spiro atoms. The molecule has 0 bridgehead atoms. The van der Waals surface area contributed by atoms with Crippen molar-refractivity contribution in [1.29, 1.82) is 0 Å². The standard InChI is InChI=1S/C23H44O3/c1-3-4-5-6-7-8-9-10-11-12-13-14-15-16-18-21-22(26-21)19-17-20-23(24)25-2/h21-22H,3-20H2,1-2H3. The lowest BCUT2D eigenvalue weighted by molar-refractivity contribution is -0.140. The van der Waals surface area contributed by atoms with Crippen molar-refractivity contribution in [3.8, 4) is 0 Å². The fourth-order valence-corrected chi connectivity index (χ4v) is 3.78. The Bertz CT molecular complexity index is 329. The van der Waals surface area contributed by atoms with Gasteiger partial charge in [0.1, 0.15) is 0 Å². The van der Waals surface area contributed by atoms with Crippen LogP contribution in [0.25, 0.3) is 0 Å². The maximum atomic E-state index is 11.1. The molecule has 1 aliphatic heterocycles. The van der Waals surface area contributed by atoms with Crippen LogP contribution >= 0.6 is 0 Å². The van der Waals surface area contributed by atoms with E-state index in [4.69, 9.17) is 4.74 Å². The van der Waals surface area contributed by atoms with Gasteiger partial charge in [-0.05, 0) is 19.3 Å². The van der Waals surface area contributed by atoms with Gasteiger partial charge >= 0.3 is 5.97 Å². The minimum absolute atomic E-state index is 0.103. The van der Waals surface area contributed by atoms with Crippen LogP contribution in [0.1, 0.15) is 122 Å². The molecule has 3 nitrogen and oxygen atoms in total. The van der Waals surface area contributed by atoms with Crippen molar-refractivity contribution >= 4 is 5.97 Å². The minimum Gasteiger partial charge on any atom is -0.469 e. The molecule has 1 saturated heterocycles. The second-order valence-corrected chi connectivity index (χ2v) is 8.07. The number of methoxy groups -OCH3 is 1. The monoisotopic (exact) mass is 368 g/mol. The van der Waals surface area contributed by atoms with Gasteiger partial charge in [-0.3, -0.25) is 4.79 Å². The third-order valence-electron chi connectivity index (χ3n) is 5.63. The van der Waals surface area contributed by atoms with Crippen LogP contribution in [-0.2, 0) is 14.3 Å². The van der Waals surface area contributed by atoms with E-state index >= 15 is 0 Å². The van der Waals surface area contributed by atoms with Gasteiger partial charge in [0.05, 0.1) is 19.3 Å². The molecular formula is C23H44O3. The number of hydrogen-bond donors (Lipinski definition) is 0. The third-order valence-corrected chi connectivity index (χ3v) is 5.63. The van der Waals surface area contributed by atoms with Crippen molar-refractivity contribution < 1.29 is 14.3 Å². The molecule has 0 aromatic heterocycles. The summed E-state index contributed by atoms with van der Waals surface area (Å²) in [5.41, 5.74) is 0. The molecule has 0 aliphatic carbocycles. The van der Waals surface area contributed by atoms with E-state index in [1.165, 1.54) is 103 Å². The Balaban J connectivity index is 1.71. The van der Waals surface area contributed by atoms with Gasteiger partial charge in [-0.1, -0.05) is 96.8 Å². The van der Waals surface area contributed by atoms with E-state index in [0.717, 1.165) is 12.8 Å². The van der Waals surface area contributed by atoms with E-state index in [2.05, 4.69) is 11.7 Å². The van der Waals surface area contributed by atoms with Gasteiger partial charge in [0.25, 0.3) is 0 Å². The van der Waals surface area contributed by atoms with Crippen molar-refractivity contribution in [1.82, 2.24) is 0 Å². The molecule has 26 heavy (non-hydrogen) atoms.